The standard InChI is InChI=1S/C11H24N2O3/c12-7-3-2-6-10(11(15)16)13-8-4-1-5-9-14/h10,13-14H,1-9,12H2,(H,15,16)/t10-/m0/s1. The molecule has 0 aliphatic heterocycles. The molecule has 0 saturated heterocycles. The third-order valence-corrected chi connectivity index (χ3v) is 2.47. The Bertz CT molecular complexity index is 177. The molecular weight excluding hydrogens is 208 g/mol. The number of carboxylic acids is 1. The van der Waals surface area contributed by atoms with E-state index in [1.807, 2.05) is 0 Å². The Morgan fingerprint density at radius 1 is 1.19 bits per heavy atom. The van der Waals surface area contributed by atoms with E-state index < -0.39 is 12.0 Å². The summed E-state index contributed by atoms with van der Waals surface area (Å²) in [6, 6.07) is -0.458. The highest BCUT2D eigenvalue weighted by Crippen LogP contribution is 2.01. The molecule has 0 aromatic heterocycles. The molecule has 96 valence electrons. The largest absolute Gasteiger partial charge is 0.480 e. The van der Waals surface area contributed by atoms with Gasteiger partial charge in [-0.1, -0.05) is 6.42 Å². The minimum absolute atomic E-state index is 0.207. The van der Waals surface area contributed by atoms with E-state index in [9.17, 15) is 4.79 Å². The molecule has 5 heteroatoms. The van der Waals surface area contributed by atoms with Gasteiger partial charge in [0.05, 0.1) is 0 Å². The van der Waals surface area contributed by atoms with E-state index in [2.05, 4.69) is 5.32 Å². The summed E-state index contributed by atoms with van der Waals surface area (Å²) in [4.78, 5) is 10.9. The van der Waals surface area contributed by atoms with Gasteiger partial charge in [-0.15, -0.1) is 0 Å². The number of unbranched alkanes of at least 4 members (excludes halogenated alkanes) is 3. The molecule has 0 spiro atoms. The van der Waals surface area contributed by atoms with Crippen LogP contribution in [0.15, 0.2) is 0 Å². The van der Waals surface area contributed by atoms with Crippen molar-refractivity contribution >= 4 is 5.97 Å². The number of aliphatic hydroxyl groups excluding tert-OH is 1. The van der Waals surface area contributed by atoms with Crippen LogP contribution in [-0.4, -0.2) is 41.9 Å². The summed E-state index contributed by atoms with van der Waals surface area (Å²) >= 11 is 0. The Kier molecular flexibility index (Phi) is 10.4. The monoisotopic (exact) mass is 232 g/mol. The van der Waals surface area contributed by atoms with Gasteiger partial charge in [-0.2, -0.15) is 0 Å². The highest BCUT2D eigenvalue weighted by atomic mass is 16.4. The van der Waals surface area contributed by atoms with Crippen LogP contribution in [0.2, 0.25) is 0 Å². The third-order valence-electron chi connectivity index (χ3n) is 2.47. The maximum atomic E-state index is 10.9. The topological polar surface area (TPSA) is 95.6 Å². The van der Waals surface area contributed by atoms with E-state index in [0.717, 1.165) is 32.1 Å². The van der Waals surface area contributed by atoms with Gasteiger partial charge in [0.15, 0.2) is 0 Å². The van der Waals surface area contributed by atoms with Crippen molar-refractivity contribution in [2.45, 2.75) is 44.6 Å². The van der Waals surface area contributed by atoms with Crippen molar-refractivity contribution in [3.8, 4) is 0 Å². The summed E-state index contributed by atoms with van der Waals surface area (Å²) in [6.45, 7) is 1.52. The number of rotatable bonds is 11. The molecule has 0 radical (unpaired) electrons. The Morgan fingerprint density at radius 2 is 1.94 bits per heavy atom. The fourth-order valence-corrected chi connectivity index (χ4v) is 1.50. The normalized spacial score (nSPS) is 12.6. The zero-order valence-corrected chi connectivity index (χ0v) is 9.82. The van der Waals surface area contributed by atoms with Gasteiger partial charge in [-0.25, -0.2) is 0 Å². The summed E-state index contributed by atoms with van der Waals surface area (Å²) in [5.74, 6) is -0.792. The van der Waals surface area contributed by atoms with E-state index in [1.54, 1.807) is 0 Å². The number of hydrogen-bond donors (Lipinski definition) is 4. The molecule has 0 amide bonds. The average molecular weight is 232 g/mol. The zero-order chi connectivity index (χ0) is 12.2. The average Bonchev–Trinajstić information content (AvgIpc) is 2.26. The molecule has 0 fully saturated rings. The van der Waals surface area contributed by atoms with Crippen molar-refractivity contribution in [3.05, 3.63) is 0 Å². The highest BCUT2D eigenvalue weighted by Gasteiger charge is 2.15. The first-order valence-electron chi connectivity index (χ1n) is 5.99. The first kappa shape index (κ1) is 15.3. The van der Waals surface area contributed by atoms with E-state index in [0.29, 0.717) is 19.5 Å². The predicted molar refractivity (Wildman–Crippen MR) is 63.3 cm³/mol. The second kappa shape index (κ2) is 10.9. The molecule has 0 rings (SSSR count). The lowest BCUT2D eigenvalue weighted by molar-refractivity contribution is -0.139. The molecule has 0 aliphatic rings. The number of carbonyl (C=O) groups is 1. The lowest BCUT2D eigenvalue weighted by atomic mass is 10.1. The summed E-state index contributed by atoms with van der Waals surface area (Å²) in [7, 11) is 0. The first-order chi connectivity index (χ1) is 7.72. The Balaban J connectivity index is 3.56. The van der Waals surface area contributed by atoms with Crippen LogP contribution in [0.25, 0.3) is 0 Å². The Labute approximate surface area is 97.0 Å². The van der Waals surface area contributed by atoms with Gasteiger partial charge in [0.25, 0.3) is 0 Å². The number of hydrogen-bond acceptors (Lipinski definition) is 4. The van der Waals surface area contributed by atoms with Gasteiger partial charge < -0.3 is 21.3 Å². The number of nitrogens with one attached hydrogen (secondary N) is 1. The lowest BCUT2D eigenvalue weighted by Gasteiger charge is -2.13. The summed E-state index contributed by atoms with van der Waals surface area (Å²) in [5, 5.41) is 20.5. The second-order valence-electron chi connectivity index (χ2n) is 3.91. The fraction of sp³-hybridized carbons (Fsp3) is 0.909. The molecule has 0 bridgehead atoms. The molecule has 0 aliphatic carbocycles. The number of carboxylic acid groups (broad SMARTS) is 1. The number of aliphatic carboxylic acids is 1. The van der Waals surface area contributed by atoms with Crippen molar-refractivity contribution in [1.29, 1.82) is 0 Å². The van der Waals surface area contributed by atoms with Crippen molar-refractivity contribution in [3.63, 3.8) is 0 Å². The van der Waals surface area contributed by atoms with Gasteiger partial charge in [0.2, 0.25) is 0 Å². The minimum Gasteiger partial charge on any atom is -0.480 e. The second-order valence-corrected chi connectivity index (χ2v) is 3.91. The van der Waals surface area contributed by atoms with Gasteiger partial charge in [0.1, 0.15) is 6.04 Å². The molecule has 0 heterocycles. The molecule has 0 saturated carbocycles. The van der Waals surface area contributed by atoms with Gasteiger partial charge in [0, 0.05) is 6.61 Å². The molecule has 5 nitrogen and oxygen atoms in total. The van der Waals surface area contributed by atoms with Crippen LogP contribution in [0.4, 0.5) is 0 Å². The quantitative estimate of drug-likeness (QED) is 0.385. The smallest absolute Gasteiger partial charge is 0.320 e. The van der Waals surface area contributed by atoms with Gasteiger partial charge in [-0.3, -0.25) is 4.79 Å². The summed E-state index contributed by atoms with van der Waals surface area (Å²) < 4.78 is 0. The third kappa shape index (κ3) is 8.64. The maximum Gasteiger partial charge on any atom is 0.320 e. The first-order valence-corrected chi connectivity index (χ1v) is 5.99. The van der Waals surface area contributed by atoms with Crippen LogP contribution in [0.3, 0.4) is 0 Å². The van der Waals surface area contributed by atoms with Crippen molar-refractivity contribution in [1.82, 2.24) is 5.32 Å². The van der Waals surface area contributed by atoms with Gasteiger partial charge >= 0.3 is 5.97 Å². The predicted octanol–water partition coefficient (Wildman–Crippen LogP) is 0.321. The van der Waals surface area contributed by atoms with Crippen LogP contribution in [0.1, 0.15) is 38.5 Å². The van der Waals surface area contributed by atoms with Crippen LogP contribution in [0, 0.1) is 0 Å². The van der Waals surface area contributed by atoms with Crippen molar-refractivity contribution in [2.75, 3.05) is 19.7 Å². The van der Waals surface area contributed by atoms with E-state index in [-0.39, 0.29) is 6.61 Å². The highest BCUT2D eigenvalue weighted by molar-refractivity contribution is 5.73. The summed E-state index contributed by atoms with van der Waals surface area (Å²) in [6.07, 6.45) is 4.96. The maximum absolute atomic E-state index is 10.9. The van der Waals surface area contributed by atoms with E-state index >= 15 is 0 Å². The van der Waals surface area contributed by atoms with Crippen LogP contribution >= 0.6 is 0 Å². The van der Waals surface area contributed by atoms with Crippen LogP contribution in [-0.2, 0) is 4.79 Å². The summed E-state index contributed by atoms with van der Waals surface area (Å²) in [5.41, 5.74) is 5.35. The molecule has 16 heavy (non-hydrogen) atoms. The van der Waals surface area contributed by atoms with Crippen LogP contribution < -0.4 is 11.1 Å². The van der Waals surface area contributed by atoms with E-state index in [1.165, 1.54) is 0 Å². The van der Waals surface area contributed by atoms with Crippen molar-refractivity contribution in [2.24, 2.45) is 5.73 Å². The molecule has 0 aromatic rings. The molecule has 1 atom stereocenters. The van der Waals surface area contributed by atoms with Crippen molar-refractivity contribution < 1.29 is 15.0 Å². The Hall–Kier alpha value is -0.650. The fourth-order valence-electron chi connectivity index (χ4n) is 1.50. The van der Waals surface area contributed by atoms with E-state index in [4.69, 9.17) is 15.9 Å². The van der Waals surface area contributed by atoms with Gasteiger partial charge in [-0.05, 0) is 45.2 Å². The number of aliphatic hydroxyl groups is 1. The SMILES string of the molecule is NCCCC[C@H](NCCCCCO)C(=O)O. The molecule has 0 unspecified atom stereocenters. The van der Waals surface area contributed by atoms with Crippen LogP contribution in [0.5, 0.6) is 0 Å². The number of nitrogens with two attached hydrogens (primary N) is 1. The molecule has 5 N–H and O–H groups in total. The Morgan fingerprint density at radius 3 is 2.50 bits per heavy atom. The minimum atomic E-state index is -0.792. The zero-order valence-electron chi connectivity index (χ0n) is 9.82. The molecular formula is C11H24N2O3. The molecule has 0 aromatic carbocycles. The lowest BCUT2D eigenvalue weighted by Crippen LogP contribution is -2.37.